The van der Waals surface area contributed by atoms with Gasteiger partial charge in [0.2, 0.25) is 10.0 Å². The molecule has 1 aromatic carbocycles. The molecular formula is C14H23N3O3S. The van der Waals surface area contributed by atoms with E-state index in [0.717, 1.165) is 25.1 Å². The number of ether oxygens (including phenoxy) is 1. The number of benzene rings is 1. The number of likely N-dealkylation sites (N-methyl/N-ethyl adjacent to an activating group) is 1. The lowest BCUT2D eigenvalue weighted by atomic mass is 10.2. The molecule has 1 fully saturated rings. The zero-order valence-corrected chi connectivity index (χ0v) is 13.1. The zero-order chi connectivity index (χ0) is 15.3. The summed E-state index contributed by atoms with van der Waals surface area (Å²) < 4.78 is 32.6. The van der Waals surface area contributed by atoms with Gasteiger partial charge in [0.15, 0.2) is 0 Å². The standard InChI is InChI=1S/C14H23N3O3S/c1-17-8-9-20-13(11-17)10-16-21(18,19)14-4-2-12(3-5-14)6-7-15/h2-5,13,16H,6-11,15H2,1H3. The highest BCUT2D eigenvalue weighted by molar-refractivity contribution is 7.89. The van der Waals surface area contributed by atoms with E-state index in [0.29, 0.717) is 13.2 Å². The second-order valence-corrected chi connectivity index (χ2v) is 7.06. The van der Waals surface area contributed by atoms with E-state index in [1.807, 2.05) is 7.05 Å². The number of sulfonamides is 1. The molecule has 21 heavy (non-hydrogen) atoms. The minimum atomic E-state index is -3.49. The van der Waals surface area contributed by atoms with Gasteiger partial charge in [0.05, 0.1) is 17.6 Å². The number of nitrogens with one attached hydrogen (secondary N) is 1. The fraction of sp³-hybridized carbons (Fsp3) is 0.571. The molecule has 1 aliphatic rings. The number of nitrogens with zero attached hydrogens (tertiary/aromatic N) is 1. The van der Waals surface area contributed by atoms with E-state index in [9.17, 15) is 8.42 Å². The third kappa shape index (κ3) is 4.76. The largest absolute Gasteiger partial charge is 0.374 e. The Labute approximate surface area is 126 Å². The quantitative estimate of drug-likeness (QED) is 0.759. The monoisotopic (exact) mass is 313 g/mol. The van der Waals surface area contributed by atoms with Crippen LogP contribution in [0.5, 0.6) is 0 Å². The van der Waals surface area contributed by atoms with Crippen LogP contribution in [-0.2, 0) is 21.2 Å². The molecule has 1 atom stereocenters. The van der Waals surface area contributed by atoms with Gasteiger partial charge in [0.1, 0.15) is 0 Å². The highest BCUT2D eigenvalue weighted by atomic mass is 32.2. The minimum absolute atomic E-state index is 0.102. The number of hydrogen-bond acceptors (Lipinski definition) is 5. The second-order valence-electron chi connectivity index (χ2n) is 5.29. The first-order valence-corrected chi connectivity index (χ1v) is 8.58. The fourth-order valence-electron chi connectivity index (χ4n) is 2.28. The van der Waals surface area contributed by atoms with Crippen molar-refractivity contribution in [1.82, 2.24) is 9.62 Å². The predicted molar refractivity (Wildman–Crippen MR) is 81.6 cm³/mol. The molecule has 1 heterocycles. The maximum atomic E-state index is 12.2. The molecule has 0 aliphatic carbocycles. The molecule has 118 valence electrons. The summed E-state index contributed by atoms with van der Waals surface area (Å²) >= 11 is 0. The summed E-state index contributed by atoms with van der Waals surface area (Å²) in [5.74, 6) is 0. The maximum Gasteiger partial charge on any atom is 0.240 e. The van der Waals surface area contributed by atoms with E-state index in [2.05, 4.69) is 9.62 Å². The summed E-state index contributed by atoms with van der Waals surface area (Å²) in [5.41, 5.74) is 6.51. The van der Waals surface area contributed by atoms with Crippen LogP contribution >= 0.6 is 0 Å². The van der Waals surface area contributed by atoms with Crippen LogP contribution in [0.4, 0.5) is 0 Å². The summed E-state index contributed by atoms with van der Waals surface area (Å²) in [6, 6.07) is 6.82. The summed E-state index contributed by atoms with van der Waals surface area (Å²) in [5, 5.41) is 0. The predicted octanol–water partition coefficient (Wildman–Crippen LogP) is -0.203. The van der Waals surface area contributed by atoms with Crippen LogP contribution in [-0.4, -0.2) is 59.3 Å². The van der Waals surface area contributed by atoms with Gasteiger partial charge in [-0.3, -0.25) is 0 Å². The lowest BCUT2D eigenvalue weighted by molar-refractivity contribution is -0.0156. The Morgan fingerprint density at radius 3 is 2.71 bits per heavy atom. The topological polar surface area (TPSA) is 84.7 Å². The van der Waals surface area contributed by atoms with Crippen LogP contribution < -0.4 is 10.5 Å². The number of rotatable bonds is 6. The molecular weight excluding hydrogens is 290 g/mol. The molecule has 0 spiro atoms. The van der Waals surface area contributed by atoms with Gasteiger partial charge in [-0.1, -0.05) is 12.1 Å². The lowest BCUT2D eigenvalue weighted by Crippen LogP contribution is -2.45. The molecule has 6 nitrogen and oxygen atoms in total. The van der Waals surface area contributed by atoms with Crippen molar-refractivity contribution < 1.29 is 13.2 Å². The Hall–Kier alpha value is -0.990. The summed E-state index contributed by atoms with van der Waals surface area (Å²) in [4.78, 5) is 2.40. The molecule has 3 N–H and O–H groups in total. The van der Waals surface area contributed by atoms with Gasteiger partial charge < -0.3 is 15.4 Å². The van der Waals surface area contributed by atoms with E-state index >= 15 is 0 Å². The zero-order valence-electron chi connectivity index (χ0n) is 12.3. The van der Waals surface area contributed by atoms with E-state index in [4.69, 9.17) is 10.5 Å². The Bertz CT molecular complexity index is 545. The van der Waals surface area contributed by atoms with E-state index in [-0.39, 0.29) is 17.5 Å². The first kappa shape index (κ1) is 16.4. The molecule has 1 saturated heterocycles. The van der Waals surface area contributed by atoms with Crippen molar-refractivity contribution in [3.8, 4) is 0 Å². The van der Waals surface area contributed by atoms with Gasteiger partial charge >= 0.3 is 0 Å². The fourth-order valence-corrected chi connectivity index (χ4v) is 3.34. The Morgan fingerprint density at radius 1 is 1.38 bits per heavy atom. The van der Waals surface area contributed by atoms with Crippen LogP contribution in [0.3, 0.4) is 0 Å². The second kappa shape index (κ2) is 7.33. The Kier molecular flexibility index (Phi) is 5.72. The highest BCUT2D eigenvalue weighted by Crippen LogP contribution is 2.11. The van der Waals surface area contributed by atoms with Crippen molar-refractivity contribution in [2.75, 3.05) is 39.8 Å². The molecule has 0 saturated carbocycles. The minimum Gasteiger partial charge on any atom is -0.374 e. The lowest BCUT2D eigenvalue weighted by Gasteiger charge is -2.30. The molecule has 2 rings (SSSR count). The van der Waals surface area contributed by atoms with Crippen molar-refractivity contribution in [1.29, 1.82) is 0 Å². The average molecular weight is 313 g/mol. The molecule has 0 amide bonds. The van der Waals surface area contributed by atoms with Crippen LogP contribution in [0, 0.1) is 0 Å². The van der Waals surface area contributed by atoms with Crippen LogP contribution in [0.1, 0.15) is 5.56 Å². The van der Waals surface area contributed by atoms with Gasteiger partial charge in [-0.2, -0.15) is 0 Å². The van der Waals surface area contributed by atoms with Crippen molar-refractivity contribution in [3.05, 3.63) is 29.8 Å². The first-order valence-electron chi connectivity index (χ1n) is 7.10. The van der Waals surface area contributed by atoms with Crippen molar-refractivity contribution >= 4 is 10.0 Å². The molecule has 0 bridgehead atoms. The Morgan fingerprint density at radius 2 is 2.10 bits per heavy atom. The first-order chi connectivity index (χ1) is 10.0. The molecule has 0 radical (unpaired) electrons. The van der Waals surface area contributed by atoms with Crippen LogP contribution in [0.15, 0.2) is 29.2 Å². The van der Waals surface area contributed by atoms with Gasteiger partial charge in [-0.15, -0.1) is 0 Å². The van der Waals surface area contributed by atoms with Gasteiger partial charge in [-0.05, 0) is 37.7 Å². The van der Waals surface area contributed by atoms with E-state index < -0.39 is 10.0 Å². The summed E-state index contributed by atoms with van der Waals surface area (Å²) in [7, 11) is -1.49. The van der Waals surface area contributed by atoms with Crippen molar-refractivity contribution in [2.45, 2.75) is 17.4 Å². The van der Waals surface area contributed by atoms with Crippen molar-refractivity contribution in [3.63, 3.8) is 0 Å². The smallest absolute Gasteiger partial charge is 0.240 e. The molecule has 1 aliphatic heterocycles. The third-order valence-corrected chi connectivity index (χ3v) is 4.95. The number of hydrogen-bond donors (Lipinski definition) is 2. The molecule has 0 aromatic heterocycles. The van der Waals surface area contributed by atoms with Crippen molar-refractivity contribution in [2.24, 2.45) is 5.73 Å². The molecule has 7 heteroatoms. The maximum absolute atomic E-state index is 12.2. The number of nitrogens with two attached hydrogens (primary N) is 1. The van der Waals surface area contributed by atoms with Gasteiger partial charge in [0, 0.05) is 19.6 Å². The molecule has 1 aromatic rings. The van der Waals surface area contributed by atoms with Crippen LogP contribution in [0.25, 0.3) is 0 Å². The van der Waals surface area contributed by atoms with Crippen LogP contribution in [0.2, 0.25) is 0 Å². The number of morpholine rings is 1. The normalized spacial score (nSPS) is 20.6. The molecule has 1 unspecified atom stereocenters. The van der Waals surface area contributed by atoms with Gasteiger partial charge in [0.25, 0.3) is 0 Å². The van der Waals surface area contributed by atoms with E-state index in [1.165, 1.54) is 0 Å². The summed E-state index contributed by atoms with van der Waals surface area (Å²) in [6.07, 6.45) is 0.644. The Balaban J connectivity index is 1.94. The third-order valence-electron chi connectivity index (χ3n) is 3.51. The SMILES string of the molecule is CN1CCOC(CNS(=O)(=O)c2ccc(CCN)cc2)C1. The van der Waals surface area contributed by atoms with E-state index in [1.54, 1.807) is 24.3 Å². The summed E-state index contributed by atoms with van der Waals surface area (Å²) in [6.45, 7) is 3.09. The van der Waals surface area contributed by atoms with Gasteiger partial charge in [-0.25, -0.2) is 13.1 Å². The highest BCUT2D eigenvalue weighted by Gasteiger charge is 2.21. The average Bonchev–Trinajstić information content (AvgIpc) is 2.46.